The normalized spacial score (nSPS) is 12.2. The standard InChI is InChI=1S/C9H12N2O2/c1-6-5-7(3-4-11-6)8(10)9(12)13-2/h3-5,8H,10H2,1-2H3. The number of pyridine rings is 1. The van der Waals surface area contributed by atoms with Crippen LogP contribution in [0.2, 0.25) is 0 Å². The number of ether oxygens (including phenoxy) is 1. The van der Waals surface area contributed by atoms with Crippen LogP contribution in [0.15, 0.2) is 18.3 Å². The van der Waals surface area contributed by atoms with Gasteiger partial charge in [-0.2, -0.15) is 0 Å². The van der Waals surface area contributed by atoms with Crippen LogP contribution >= 0.6 is 0 Å². The molecule has 0 radical (unpaired) electrons. The van der Waals surface area contributed by atoms with E-state index in [9.17, 15) is 4.79 Å². The highest BCUT2D eigenvalue weighted by Crippen LogP contribution is 2.11. The monoisotopic (exact) mass is 180 g/mol. The summed E-state index contributed by atoms with van der Waals surface area (Å²) in [5.41, 5.74) is 7.17. The lowest BCUT2D eigenvalue weighted by atomic mass is 10.1. The van der Waals surface area contributed by atoms with Gasteiger partial charge in [-0.25, -0.2) is 0 Å². The molecule has 4 heteroatoms. The molecule has 0 spiro atoms. The number of hydrogen-bond acceptors (Lipinski definition) is 4. The highest BCUT2D eigenvalue weighted by atomic mass is 16.5. The maximum atomic E-state index is 11.1. The van der Waals surface area contributed by atoms with Crippen molar-refractivity contribution in [3.63, 3.8) is 0 Å². The molecule has 1 atom stereocenters. The Morgan fingerprint density at radius 1 is 1.69 bits per heavy atom. The van der Waals surface area contributed by atoms with Gasteiger partial charge in [0, 0.05) is 11.9 Å². The van der Waals surface area contributed by atoms with E-state index >= 15 is 0 Å². The van der Waals surface area contributed by atoms with Gasteiger partial charge in [-0.3, -0.25) is 9.78 Å². The number of nitrogens with two attached hydrogens (primary N) is 1. The van der Waals surface area contributed by atoms with E-state index in [0.717, 1.165) is 11.3 Å². The Labute approximate surface area is 76.7 Å². The lowest BCUT2D eigenvalue weighted by Crippen LogP contribution is -2.22. The van der Waals surface area contributed by atoms with E-state index in [-0.39, 0.29) is 0 Å². The van der Waals surface area contributed by atoms with Crippen LogP contribution in [0.5, 0.6) is 0 Å². The Kier molecular flexibility index (Phi) is 2.97. The summed E-state index contributed by atoms with van der Waals surface area (Å²) in [6, 6.07) is 2.75. The summed E-state index contributed by atoms with van der Waals surface area (Å²) in [5, 5.41) is 0. The zero-order valence-electron chi connectivity index (χ0n) is 7.65. The maximum absolute atomic E-state index is 11.1. The SMILES string of the molecule is COC(=O)C(N)c1ccnc(C)c1. The Morgan fingerprint density at radius 3 is 2.92 bits per heavy atom. The van der Waals surface area contributed by atoms with E-state index in [1.807, 2.05) is 6.92 Å². The van der Waals surface area contributed by atoms with E-state index in [1.54, 1.807) is 18.3 Å². The molecule has 1 aromatic rings. The number of esters is 1. The largest absolute Gasteiger partial charge is 0.468 e. The summed E-state index contributed by atoms with van der Waals surface area (Å²) < 4.78 is 4.52. The third-order valence-corrected chi connectivity index (χ3v) is 1.73. The van der Waals surface area contributed by atoms with Crippen LogP contribution in [0.4, 0.5) is 0 Å². The molecular formula is C9H12N2O2. The zero-order valence-corrected chi connectivity index (χ0v) is 7.65. The van der Waals surface area contributed by atoms with Crippen LogP contribution in [0.1, 0.15) is 17.3 Å². The molecular weight excluding hydrogens is 168 g/mol. The van der Waals surface area contributed by atoms with Gasteiger partial charge in [0.2, 0.25) is 0 Å². The van der Waals surface area contributed by atoms with Gasteiger partial charge in [0.1, 0.15) is 6.04 Å². The summed E-state index contributed by atoms with van der Waals surface area (Å²) >= 11 is 0. The molecule has 2 N–H and O–H groups in total. The number of aromatic nitrogens is 1. The predicted octanol–water partition coefficient (Wildman–Crippen LogP) is 0.563. The molecule has 70 valence electrons. The molecule has 4 nitrogen and oxygen atoms in total. The van der Waals surface area contributed by atoms with Crippen molar-refractivity contribution in [2.75, 3.05) is 7.11 Å². The van der Waals surface area contributed by atoms with Crippen LogP contribution in [0.25, 0.3) is 0 Å². The first-order valence-corrected chi connectivity index (χ1v) is 3.91. The number of carbonyl (C=O) groups is 1. The molecule has 0 saturated carbocycles. The number of aryl methyl sites for hydroxylation is 1. The second-order valence-corrected chi connectivity index (χ2v) is 2.73. The summed E-state index contributed by atoms with van der Waals surface area (Å²) in [5.74, 6) is -0.439. The van der Waals surface area contributed by atoms with Crippen molar-refractivity contribution in [3.8, 4) is 0 Å². The fourth-order valence-electron chi connectivity index (χ4n) is 1.02. The van der Waals surface area contributed by atoms with E-state index in [4.69, 9.17) is 5.73 Å². The van der Waals surface area contributed by atoms with Crippen molar-refractivity contribution in [3.05, 3.63) is 29.6 Å². The number of carbonyl (C=O) groups excluding carboxylic acids is 1. The highest BCUT2D eigenvalue weighted by molar-refractivity contribution is 5.77. The number of methoxy groups -OCH3 is 1. The number of nitrogens with zero attached hydrogens (tertiary/aromatic N) is 1. The van der Waals surface area contributed by atoms with Crippen molar-refractivity contribution in [2.45, 2.75) is 13.0 Å². The van der Waals surface area contributed by atoms with Gasteiger partial charge in [-0.1, -0.05) is 0 Å². The van der Waals surface area contributed by atoms with Gasteiger partial charge >= 0.3 is 5.97 Å². The summed E-state index contributed by atoms with van der Waals surface area (Å²) in [4.78, 5) is 15.1. The van der Waals surface area contributed by atoms with E-state index in [1.165, 1.54) is 7.11 Å². The molecule has 1 unspecified atom stereocenters. The quantitative estimate of drug-likeness (QED) is 0.675. The Balaban J connectivity index is 2.88. The molecule has 0 saturated heterocycles. The molecule has 1 rings (SSSR count). The summed E-state index contributed by atoms with van der Waals surface area (Å²) in [6.45, 7) is 1.84. The van der Waals surface area contributed by atoms with Crippen LogP contribution in [-0.2, 0) is 9.53 Å². The zero-order chi connectivity index (χ0) is 9.84. The van der Waals surface area contributed by atoms with Crippen molar-refractivity contribution < 1.29 is 9.53 Å². The third kappa shape index (κ3) is 2.26. The molecule has 0 aliphatic heterocycles. The molecule has 0 fully saturated rings. The smallest absolute Gasteiger partial charge is 0.327 e. The van der Waals surface area contributed by atoms with Gasteiger partial charge < -0.3 is 10.5 Å². The second kappa shape index (κ2) is 4.00. The lowest BCUT2D eigenvalue weighted by molar-refractivity contribution is -0.142. The van der Waals surface area contributed by atoms with Crippen LogP contribution < -0.4 is 5.73 Å². The fourth-order valence-corrected chi connectivity index (χ4v) is 1.02. The first-order chi connectivity index (χ1) is 6.15. The number of rotatable bonds is 2. The lowest BCUT2D eigenvalue weighted by Gasteiger charge is -2.09. The van der Waals surface area contributed by atoms with E-state index < -0.39 is 12.0 Å². The molecule has 0 aliphatic rings. The average Bonchev–Trinajstić information content (AvgIpc) is 2.15. The molecule has 1 aromatic heterocycles. The van der Waals surface area contributed by atoms with Crippen molar-refractivity contribution in [1.29, 1.82) is 0 Å². The fraction of sp³-hybridized carbons (Fsp3) is 0.333. The first kappa shape index (κ1) is 9.67. The van der Waals surface area contributed by atoms with E-state index in [0.29, 0.717) is 0 Å². The topological polar surface area (TPSA) is 65.2 Å². The van der Waals surface area contributed by atoms with Crippen LogP contribution in [-0.4, -0.2) is 18.1 Å². The van der Waals surface area contributed by atoms with Gasteiger partial charge in [-0.05, 0) is 24.6 Å². The van der Waals surface area contributed by atoms with E-state index in [2.05, 4.69) is 9.72 Å². The van der Waals surface area contributed by atoms with Crippen molar-refractivity contribution in [1.82, 2.24) is 4.98 Å². The molecule has 0 aromatic carbocycles. The van der Waals surface area contributed by atoms with Crippen LogP contribution in [0, 0.1) is 6.92 Å². The minimum absolute atomic E-state index is 0.439. The van der Waals surface area contributed by atoms with Crippen molar-refractivity contribution >= 4 is 5.97 Å². The van der Waals surface area contributed by atoms with Crippen LogP contribution in [0.3, 0.4) is 0 Å². The Hall–Kier alpha value is -1.42. The average molecular weight is 180 g/mol. The molecule has 0 aliphatic carbocycles. The second-order valence-electron chi connectivity index (χ2n) is 2.73. The van der Waals surface area contributed by atoms with Gasteiger partial charge in [-0.15, -0.1) is 0 Å². The molecule has 13 heavy (non-hydrogen) atoms. The van der Waals surface area contributed by atoms with Gasteiger partial charge in [0.15, 0.2) is 0 Å². The molecule has 0 bridgehead atoms. The summed E-state index contributed by atoms with van der Waals surface area (Å²) in [6.07, 6.45) is 1.62. The summed E-state index contributed by atoms with van der Waals surface area (Å²) in [7, 11) is 1.32. The maximum Gasteiger partial charge on any atom is 0.327 e. The van der Waals surface area contributed by atoms with Gasteiger partial charge in [0.25, 0.3) is 0 Å². The number of hydrogen-bond donors (Lipinski definition) is 1. The Bertz CT molecular complexity index is 312. The first-order valence-electron chi connectivity index (χ1n) is 3.91. The Morgan fingerprint density at radius 2 is 2.38 bits per heavy atom. The minimum Gasteiger partial charge on any atom is -0.468 e. The molecule has 1 heterocycles. The van der Waals surface area contributed by atoms with Crippen molar-refractivity contribution in [2.24, 2.45) is 5.73 Å². The highest BCUT2D eigenvalue weighted by Gasteiger charge is 2.15. The predicted molar refractivity (Wildman–Crippen MR) is 47.9 cm³/mol. The molecule has 0 amide bonds. The third-order valence-electron chi connectivity index (χ3n) is 1.73. The van der Waals surface area contributed by atoms with Gasteiger partial charge in [0.05, 0.1) is 7.11 Å². The minimum atomic E-state index is -0.716.